The van der Waals surface area contributed by atoms with Crippen molar-refractivity contribution in [1.29, 1.82) is 0 Å². The van der Waals surface area contributed by atoms with Gasteiger partial charge >= 0.3 is 0 Å². The second kappa shape index (κ2) is 5.57. The molecular formula is C13H16FNO2. The average Bonchev–Trinajstić information content (AvgIpc) is 2.26. The number of nitro groups is 1. The highest BCUT2D eigenvalue weighted by atomic mass is 19.1. The minimum Gasteiger partial charge on any atom is -0.264 e. The van der Waals surface area contributed by atoms with Gasteiger partial charge in [0.15, 0.2) is 0 Å². The summed E-state index contributed by atoms with van der Waals surface area (Å²) in [6.45, 7) is 5.44. The van der Waals surface area contributed by atoms with Crippen molar-refractivity contribution >= 4 is 11.6 Å². The van der Waals surface area contributed by atoms with E-state index in [1.54, 1.807) is 19.1 Å². The van der Waals surface area contributed by atoms with E-state index in [0.717, 1.165) is 10.8 Å². The Morgan fingerprint density at radius 1 is 1.53 bits per heavy atom. The minimum absolute atomic E-state index is 0.330. The van der Waals surface area contributed by atoms with E-state index in [4.69, 9.17) is 0 Å². The van der Waals surface area contributed by atoms with Crippen LogP contribution in [0.2, 0.25) is 0 Å². The Labute approximate surface area is 99.4 Å². The summed E-state index contributed by atoms with van der Waals surface area (Å²) in [4.78, 5) is 10.4. The van der Waals surface area contributed by atoms with Gasteiger partial charge in [-0.3, -0.25) is 10.1 Å². The Balaban J connectivity index is 3.55. The maximum absolute atomic E-state index is 13.7. The predicted octanol–water partition coefficient (Wildman–Crippen LogP) is 1.85. The largest absolute Gasteiger partial charge is 0.264 e. The van der Waals surface area contributed by atoms with E-state index in [1.807, 2.05) is 13.8 Å². The van der Waals surface area contributed by atoms with E-state index in [-0.39, 0.29) is 4.92 Å². The molecule has 1 rings (SSSR count). The quantitative estimate of drug-likeness (QED) is 0.595. The number of rotatable bonds is 3. The summed E-state index contributed by atoms with van der Waals surface area (Å²) in [7, 11) is 0. The van der Waals surface area contributed by atoms with Crippen molar-refractivity contribution in [3.05, 3.63) is 44.6 Å². The lowest BCUT2D eigenvalue weighted by Crippen LogP contribution is -2.32. The van der Waals surface area contributed by atoms with Gasteiger partial charge in [0.2, 0.25) is 6.04 Å². The molecule has 0 amide bonds. The van der Waals surface area contributed by atoms with Crippen molar-refractivity contribution < 1.29 is 9.31 Å². The second-order valence-corrected chi connectivity index (χ2v) is 4.13. The molecular weight excluding hydrogens is 221 g/mol. The zero-order chi connectivity index (χ0) is 13.0. The molecule has 0 saturated heterocycles. The molecule has 1 aromatic carbocycles. The normalized spacial score (nSPS) is 13.5. The Kier molecular flexibility index (Phi) is 4.37. The molecule has 0 bridgehead atoms. The van der Waals surface area contributed by atoms with Crippen LogP contribution >= 0.6 is 0 Å². The first-order valence-corrected chi connectivity index (χ1v) is 5.54. The molecule has 17 heavy (non-hydrogen) atoms. The number of hydrogen-bond acceptors (Lipinski definition) is 2. The number of halogens is 1. The lowest BCUT2D eigenvalue weighted by molar-refractivity contribution is -0.504. The molecule has 0 aliphatic heterocycles. The third-order valence-corrected chi connectivity index (χ3v) is 2.64. The van der Waals surface area contributed by atoms with Crippen LogP contribution in [0.3, 0.4) is 0 Å². The average molecular weight is 237 g/mol. The highest BCUT2D eigenvalue weighted by Crippen LogP contribution is 1.98. The van der Waals surface area contributed by atoms with Crippen LogP contribution in [0.4, 0.5) is 4.39 Å². The van der Waals surface area contributed by atoms with Crippen LogP contribution in [0.1, 0.15) is 27.2 Å². The summed E-state index contributed by atoms with van der Waals surface area (Å²) in [6.07, 6.45) is 1.75. The molecule has 0 aliphatic rings. The van der Waals surface area contributed by atoms with Crippen LogP contribution in [0, 0.1) is 15.9 Å². The molecule has 0 radical (unpaired) electrons. The molecule has 0 spiro atoms. The van der Waals surface area contributed by atoms with Gasteiger partial charge in [-0.15, -0.1) is 0 Å². The summed E-state index contributed by atoms with van der Waals surface area (Å²) >= 11 is 0. The van der Waals surface area contributed by atoms with Gasteiger partial charge in [-0.1, -0.05) is 24.6 Å². The van der Waals surface area contributed by atoms with Crippen LogP contribution < -0.4 is 10.4 Å². The molecule has 0 aromatic heterocycles. The van der Waals surface area contributed by atoms with Crippen LogP contribution in [-0.2, 0) is 0 Å². The fourth-order valence-corrected chi connectivity index (χ4v) is 1.66. The molecule has 0 fully saturated rings. The Bertz CT molecular complexity index is 533. The Hall–Kier alpha value is -1.71. The van der Waals surface area contributed by atoms with Gasteiger partial charge in [0.25, 0.3) is 0 Å². The fourth-order valence-electron chi connectivity index (χ4n) is 1.66. The maximum Gasteiger partial charge on any atom is 0.232 e. The first-order valence-electron chi connectivity index (χ1n) is 5.54. The van der Waals surface area contributed by atoms with E-state index in [0.29, 0.717) is 11.6 Å². The lowest BCUT2D eigenvalue weighted by atomic mass is 10.1. The lowest BCUT2D eigenvalue weighted by Gasteiger charge is -2.02. The summed E-state index contributed by atoms with van der Waals surface area (Å²) < 4.78 is 13.7. The molecule has 3 nitrogen and oxygen atoms in total. The van der Waals surface area contributed by atoms with Crippen LogP contribution in [0.15, 0.2) is 18.2 Å². The van der Waals surface area contributed by atoms with E-state index < -0.39 is 11.9 Å². The fraction of sp³-hybridized carbons (Fsp3) is 0.385. The molecule has 0 N–H and O–H groups in total. The van der Waals surface area contributed by atoms with Crippen molar-refractivity contribution in [2.24, 2.45) is 0 Å². The van der Waals surface area contributed by atoms with Gasteiger partial charge < -0.3 is 0 Å². The van der Waals surface area contributed by atoms with Crippen molar-refractivity contribution in [3.8, 4) is 0 Å². The second-order valence-electron chi connectivity index (χ2n) is 4.13. The third-order valence-electron chi connectivity index (χ3n) is 2.64. The minimum atomic E-state index is -0.843. The van der Waals surface area contributed by atoms with Gasteiger partial charge in [0.05, 0.1) is 0 Å². The molecule has 0 aliphatic carbocycles. The molecule has 1 aromatic rings. The maximum atomic E-state index is 13.7. The molecule has 0 saturated carbocycles. The topological polar surface area (TPSA) is 43.1 Å². The van der Waals surface area contributed by atoms with Crippen molar-refractivity contribution in [1.82, 2.24) is 0 Å². The molecule has 4 heteroatoms. The van der Waals surface area contributed by atoms with Crippen LogP contribution in [0.5, 0.6) is 0 Å². The summed E-state index contributed by atoms with van der Waals surface area (Å²) in [5.41, 5.74) is 0.939. The molecule has 92 valence electrons. The molecule has 1 unspecified atom stereocenters. The monoisotopic (exact) mass is 237 g/mol. The van der Waals surface area contributed by atoms with Gasteiger partial charge in [0, 0.05) is 16.6 Å². The first kappa shape index (κ1) is 13.4. The predicted molar refractivity (Wildman–Crippen MR) is 65.9 cm³/mol. The zero-order valence-corrected chi connectivity index (χ0v) is 10.2. The highest BCUT2D eigenvalue weighted by Gasteiger charge is 2.13. The van der Waals surface area contributed by atoms with Crippen LogP contribution in [0.25, 0.3) is 11.6 Å². The Morgan fingerprint density at radius 3 is 2.65 bits per heavy atom. The summed E-state index contributed by atoms with van der Waals surface area (Å²) in [5.74, 6) is -0.413. The van der Waals surface area contributed by atoms with Gasteiger partial charge in [-0.25, -0.2) is 4.39 Å². The Morgan fingerprint density at radius 2 is 2.18 bits per heavy atom. The molecule has 1 atom stereocenters. The standard InChI is InChI=1S/C13H16FNO2/c1-4-10(15(16)17)8-12-11(9(2)3)6-5-7-13(12)14/h5-8,10H,4H2,1-3H3. The van der Waals surface area contributed by atoms with E-state index in [9.17, 15) is 14.5 Å². The van der Waals surface area contributed by atoms with Gasteiger partial charge in [-0.2, -0.15) is 0 Å². The van der Waals surface area contributed by atoms with E-state index in [1.165, 1.54) is 12.1 Å². The van der Waals surface area contributed by atoms with Crippen molar-refractivity contribution in [3.63, 3.8) is 0 Å². The highest BCUT2D eigenvalue weighted by molar-refractivity contribution is 5.42. The first-order chi connectivity index (χ1) is 7.97. The number of benzene rings is 1. The number of hydrogen-bond donors (Lipinski definition) is 0. The molecule has 0 heterocycles. The van der Waals surface area contributed by atoms with Crippen LogP contribution in [-0.4, -0.2) is 11.0 Å². The summed E-state index contributed by atoms with van der Waals surface area (Å²) in [6, 6.07) is 3.87. The van der Waals surface area contributed by atoms with Gasteiger partial charge in [0.1, 0.15) is 5.82 Å². The number of nitrogens with zero attached hydrogens (tertiary/aromatic N) is 1. The van der Waals surface area contributed by atoms with E-state index in [2.05, 4.69) is 0 Å². The SMILES string of the molecule is CCC(C=c1c(F)cccc1=C(C)C)[N+](=O)[O-]. The smallest absolute Gasteiger partial charge is 0.232 e. The zero-order valence-electron chi connectivity index (χ0n) is 10.2. The van der Waals surface area contributed by atoms with E-state index >= 15 is 0 Å². The summed E-state index contributed by atoms with van der Waals surface area (Å²) in [5, 5.41) is 11.8. The van der Waals surface area contributed by atoms with Gasteiger partial charge in [-0.05, 0) is 31.2 Å². The third kappa shape index (κ3) is 3.12. The van der Waals surface area contributed by atoms with Crippen molar-refractivity contribution in [2.75, 3.05) is 0 Å². The van der Waals surface area contributed by atoms with Crippen molar-refractivity contribution in [2.45, 2.75) is 33.2 Å².